The van der Waals surface area contributed by atoms with Gasteiger partial charge in [0.25, 0.3) is 0 Å². The van der Waals surface area contributed by atoms with E-state index in [0.717, 1.165) is 35.1 Å². The summed E-state index contributed by atoms with van der Waals surface area (Å²) in [5.74, 6) is 0.433. The Kier molecular flexibility index (Phi) is 4.80. The molecule has 2 aromatic rings. The molecule has 2 N–H and O–H groups in total. The highest BCUT2D eigenvalue weighted by atomic mass is 16.5. The van der Waals surface area contributed by atoms with Gasteiger partial charge >= 0.3 is 5.63 Å². The molecule has 1 aliphatic heterocycles. The van der Waals surface area contributed by atoms with Gasteiger partial charge in [-0.1, -0.05) is 0 Å². The van der Waals surface area contributed by atoms with Gasteiger partial charge in [-0.15, -0.1) is 0 Å². The number of aliphatic hydroxyl groups is 1. The first kappa shape index (κ1) is 18.5. The topological polar surface area (TPSA) is 88.8 Å². The number of hydrogen-bond donors (Lipinski definition) is 2. The highest BCUT2D eigenvalue weighted by molar-refractivity contribution is 5.86. The summed E-state index contributed by atoms with van der Waals surface area (Å²) in [6, 6.07) is 3.41. The second-order valence-corrected chi connectivity index (χ2v) is 7.64. The molecule has 3 rings (SSSR count). The number of amides is 1. The average molecular weight is 359 g/mol. The molecule has 1 aromatic carbocycles. The third-order valence-corrected chi connectivity index (χ3v) is 4.87. The maximum absolute atomic E-state index is 12.4. The molecule has 6 nitrogen and oxygen atoms in total. The summed E-state index contributed by atoms with van der Waals surface area (Å²) in [6.07, 6.45) is 1.73. The molecule has 1 atom stereocenters. The minimum Gasteiger partial charge on any atom is -0.487 e. The summed E-state index contributed by atoms with van der Waals surface area (Å²) in [5, 5.41) is 12.5. The van der Waals surface area contributed by atoms with Crippen LogP contribution in [0.5, 0.6) is 5.75 Å². The molecule has 1 amide bonds. The largest absolute Gasteiger partial charge is 0.487 e. The molecular weight excluding hydrogens is 334 g/mol. The quantitative estimate of drug-likeness (QED) is 0.818. The van der Waals surface area contributed by atoms with Gasteiger partial charge in [-0.05, 0) is 57.7 Å². The molecule has 0 fully saturated rings. The molecule has 0 radical (unpaired) electrons. The second-order valence-electron chi connectivity index (χ2n) is 7.64. The van der Waals surface area contributed by atoms with Crippen molar-refractivity contribution in [2.24, 2.45) is 0 Å². The lowest BCUT2D eigenvalue weighted by molar-refractivity contribution is -0.121. The number of ether oxygens (including phenoxy) is 1. The zero-order valence-electron chi connectivity index (χ0n) is 15.6. The van der Waals surface area contributed by atoms with Crippen molar-refractivity contribution in [3.8, 4) is 5.75 Å². The summed E-state index contributed by atoms with van der Waals surface area (Å²) < 4.78 is 11.5. The van der Waals surface area contributed by atoms with Gasteiger partial charge in [-0.25, -0.2) is 4.79 Å². The number of fused-ring (bicyclic) bond motifs is 2. The summed E-state index contributed by atoms with van der Waals surface area (Å²) >= 11 is 0. The smallest absolute Gasteiger partial charge is 0.340 e. The van der Waals surface area contributed by atoms with Crippen molar-refractivity contribution >= 4 is 16.9 Å². The van der Waals surface area contributed by atoms with E-state index in [1.807, 2.05) is 26.8 Å². The van der Waals surface area contributed by atoms with Gasteiger partial charge in [0, 0.05) is 17.5 Å². The van der Waals surface area contributed by atoms with E-state index in [2.05, 4.69) is 5.32 Å². The van der Waals surface area contributed by atoms with Crippen LogP contribution in [-0.4, -0.2) is 29.3 Å². The van der Waals surface area contributed by atoms with Crippen LogP contribution in [0.2, 0.25) is 0 Å². The fraction of sp³-hybridized carbons (Fsp3) is 0.500. The number of carbonyl (C=O) groups excluding carboxylic acids is 1. The Morgan fingerprint density at radius 2 is 2.12 bits per heavy atom. The van der Waals surface area contributed by atoms with E-state index in [9.17, 15) is 9.59 Å². The van der Waals surface area contributed by atoms with Crippen LogP contribution in [0.4, 0.5) is 0 Å². The monoisotopic (exact) mass is 359 g/mol. The van der Waals surface area contributed by atoms with Crippen LogP contribution in [0, 0.1) is 6.92 Å². The van der Waals surface area contributed by atoms with E-state index >= 15 is 0 Å². The van der Waals surface area contributed by atoms with E-state index in [0.29, 0.717) is 11.1 Å². The number of carbonyl (C=O) groups is 1. The van der Waals surface area contributed by atoms with Crippen LogP contribution in [-0.2, 0) is 17.6 Å². The number of benzene rings is 1. The third-order valence-electron chi connectivity index (χ3n) is 4.87. The zero-order chi connectivity index (χ0) is 19.1. The van der Waals surface area contributed by atoms with Crippen LogP contribution >= 0.6 is 0 Å². The highest BCUT2D eigenvalue weighted by Gasteiger charge is 2.27. The van der Waals surface area contributed by atoms with E-state index < -0.39 is 5.63 Å². The fourth-order valence-electron chi connectivity index (χ4n) is 3.27. The average Bonchev–Trinajstić information content (AvgIpc) is 2.56. The molecule has 6 heteroatoms. The molecular formula is C20H25NO5. The highest BCUT2D eigenvalue weighted by Crippen LogP contribution is 2.36. The van der Waals surface area contributed by atoms with E-state index in [4.69, 9.17) is 14.3 Å². The van der Waals surface area contributed by atoms with Crippen molar-refractivity contribution in [2.75, 3.05) is 6.61 Å². The van der Waals surface area contributed by atoms with Crippen molar-refractivity contribution in [3.63, 3.8) is 0 Å². The van der Waals surface area contributed by atoms with Crippen molar-refractivity contribution in [1.82, 2.24) is 5.32 Å². The number of hydrogen-bond acceptors (Lipinski definition) is 5. The molecule has 0 aliphatic carbocycles. The van der Waals surface area contributed by atoms with Gasteiger partial charge in [0.05, 0.1) is 18.6 Å². The lowest BCUT2D eigenvalue weighted by atomic mass is 9.92. The van der Waals surface area contributed by atoms with Crippen molar-refractivity contribution in [2.45, 2.75) is 58.6 Å². The fourth-order valence-corrected chi connectivity index (χ4v) is 3.27. The van der Waals surface area contributed by atoms with Gasteiger partial charge in [-0.3, -0.25) is 4.79 Å². The van der Waals surface area contributed by atoms with E-state index in [-0.39, 0.29) is 30.6 Å². The molecule has 1 aromatic heterocycles. The Morgan fingerprint density at radius 3 is 2.81 bits per heavy atom. The summed E-state index contributed by atoms with van der Waals surface area (Å²) in [7, 11) is 0. The van der Waals surface area contributed by atoms with E-state index in [1.54, 1.807) is 13.0 Å². The Bertz CT molecular complexity index is 913. The Balaban J connectivity index is 2.00. The van der Waals surface area contributed by atoms with Crippen LogP contribution in [0.15, 0.2) is 21.3 Å². The van der Waals surface area contributed by atoms with Crippen molar-refractivity contribution in [1.29, 1.82) is 0 Å². The molecule has 0 bridgehead atoms. The predicted molar refractivity (Wildman–Crippen MR) is 98.6 cm³/mol. The van der Waals surface area contributed by atoms with Gasteiger partial charge < -0.3 is 19.6 Å². The van der Waals surface area contributed by atoms with Crippen LogP contribution < -0.4 is 15.7 Å². The van der Waals surface area contributed by atoms with Gasteiger partial charge in [0.1, 0.15) is 16.9 Å². The lowest BCUT2D eigenvalue weighted by Crippen LogP contribution is -2.37. The summed E-state index contributed by atoms with van der Waals surface area (Å²) in [6.45, 7) is 7.45. The minimum absolute atomic E-state index is 0.0743. The first-order valence-corrected chi connectivity index (χ1v) is 8.88. The normalized spacial score (nSPS) is 16.7. The molecule has 1 unspecified atom stereocenters. The van der Waals surface area contributed by atoms with E-state index in [1.165, 1.54) is 0 Å². The molecule has 0 spiro atoms. The number of aliphatic hydroxyl groups excluding tert-OH is 1. The second kappa shape index (κ2) is 6.76. The molecule has 140 valence electrons. The van der Waals surface area contributed by atoms with Crippen LogP contribution in [0.25, 0.3) is 11.0 Å². The van der Waals surface area contributed by atoms with Crippen LogP contribution in [0.1, 0.15) is 43.9 Å². The first-order chi connectivity index (χ1) is 12.2. The Hall–Kier alpha value is -2.34. The maximum Gasteiger partial charge on any atom is 0.340 e. The van der Waals surface area contributed by atoms with Gasteiger partial charge in [0.2, 0.25) is 5.91 Å². The van der Waals surface area contributed by atoms with Gasteiger partial charge in [-0.2, -0.15) is 0 Å². The molecule has 0 saturated carbocycles. The predicted octanol–water partition coefficient (Wildman–Crippen LogP) is 2.24. The minimum atomic E-state index is -0.517. The summed E-state index contributed by atoms with van der Waals surface area (Å²) in [5.41, 5.74) is 1.89. The zero-order valence-corrected chi connectivity index (χ0v) is 15.6. The molecule has 2 heterocycles. The lowest BCUT2D eigenvalue weighted by Gasteiger charge is -2.32. The molecule has 26 heavy (non-hydrogen) atoms. The standard InChI is InChI=1S/C20H25NO5/c1-11(10-22)21-18(23)8-15-12(2)14-7-13-5-6-20(3,4)26-16(13)9-17(14)25-19(15)24/h7,9,11,22H,5-6,8,10H2,1-4H3,(H,21,23). The molecule has 1 aliphatic rings. The van der Waals surface area contributed by atoms with Gasteiger partial charge in [0.15, 0.2) is 0 Å². The van der Waals surface area contributed by atoms with Crippen LogP contribution in [0.3, 0.4) is 0 Å². The Labute approximate surface area is 152 Å². The van der Waals surface area contributed by atoms with Crippen molar-refractivity contribution in [3.05, 3.63) is 39.2 Å². The SMILES string of the molecule is Cc1c(CC(=O)NC(C)CO)c(=O)oc2cc3c(cc12)CCC(C)(C)O3. The molecule has 0 saturated heterocycles. The maximum atomic E-state index is 12.4. The van der Waals surface area contributed by atoms with Crippen molar-refractivity contribution < 1.29 is 19.1 Å². The number of rotatable bonds is 4. The number of aryl methyl sites for hydroxylation is 2. The first-order valence-electron chi connectivity index (χ1n) is 8.88. The third kappa shape index (κ3) is 3.60. The summed E-state index contributed by atoms with van der Waals surface area (Å²) in [4.78, 5) is 24.5. The Morgan fingerprint density at radius 1 is 1.38 bits per heavy atom. The number of nitrogens with one attached hydrogen (secondary N) is 1.